The maximum Gasteiger partial charge on any atom is 0.142 e. The Morgan fingerprint density at radius 2 is 2.17 bits per heavy atom. The van der Waals surface area contributed by atoms with Gasteiger partial charge in [0.15, 0.2) is 0 Å². The zero-order valence-electron chi connectivity index (χ0n) is 7.07. The number of benzene rings is 1. The largest absolute Gasteiger partial charge is 0.313 e. The summed E-state index contributed by atoms with van der Waals surface area (Å²) in [6.07, 6.45) is 0. The smallest absolute Gasteiger partial charge is 0.142 e. The van der Waals surface area contributed by atoms with Crippen LogP contribution in [-0.2, 0) is 0 Å². The van der Waals surface area contributed by atoms with Gasteiger partial charge in [-0.3, -0.25) is 0 Å². The Morgan fingerprint density at radius 3 is 2.75 bits per heavy atom. The molecule has 0 aromatic heterocycles. The second kappa shape index (κ2) is 3.87. The first kappa shape index (κ1) is 9.49. The quantitative estimate of drug-likeness (QED) is 0.751. The van der Waals surface area contributed by atoms with Gasteiger partial charge in [0.1, 0.15) is 5.82 Å². The van der Waals surface area contributed by atoms with Gasteiger partial charge in [0.05, 0.1) is 5.02 Å². The van der Waals surface area contributed by atoms with Gasteiger partial charge in [0.2, 0.25) is 0 Å². The first-order chi connectivity index (χ1) is 5.66. The Labute approximate surface area is 76.5 Å². The van der Waals surface area contributed by atoms with Crippen LogP contribution in [0.5, 0.6) is 0 Å². The number of halogens is 2. The summed E-state index contributed by atoms with van der Waals surface area (Å²) in [6.45, 7) is 1.93. The second-order valence-corrected chi connectivity index (χ2v) is 3.03. The Bertz CT molecular complexity index is 275. The molecule has 1 rings (SSSR count). The summed E-state index contributed by atoms with van der Waals surface area (Å²) < 4.78 is 12.9. The molecule has 1 N–H and O–H groups in total. The average Bonchev–Trinajstić information content (AvgIpc) is 2.08. The van der Waals surface area contributed by atoms with Crippen molar-refractivity contribution in [1.29, 1.82) is 0 Å². The zero-order valence-corrected chi connectivity index (χ0v) is 7.82. The van der Waals surface area contributed by atoms with Crippen LogP contribution in [0.15, 0.2) is 18.2 Å². The molecule has 0 saturated heterocycles. The van der Waals surface area contributed by atoms with E-state index in [4.69, 9.17) is 11.6 Å². The van der Waals surface area contributed by atoms with Gasteiger partial charge in [-0.15, -0.1) is 0 Å². The normalized spacial score (nSPS) is 13.0. The number of hydrogen-bond acceptors (Lipinski definition) is 1. The highest BCUT2D eigenvalue weighted by Gasteiger charge is 2.09. The highest BCUT2D eigenvalue weighted by atomic mass is 35.5. The van der Waals surface area contributed by atoms with Gasteiger partial charge in [-0.25, -0.2) is 4.39 Å². The number of nitrogens with one attached hydrogen (secondary N) is 1. The topological polar surface area (TPSA) is 12.0 Å². The van der Waals surface area contributed by atoms with Crippen LogP contribution < -0.4 is 5.32 Å². The van der Waals surface area contributed by atoms with Crippen LogP contribution >= 0.6 is 11.6 Å². The van der Waals surface area contributed by atoms with E-state index < -0.39 is 0 Å². The van der Waals surface area contributed by atoms with Crippen LogP contribution in [-0.4, -0.2) is 7.05 Å². The molecule has 1 atom stereocenters. The lowest BCUT2D eigenvalue weighted by Gasteiger charge is -2.12. The van der Waals surface area contributed by atoms with E-state index in [0.29, 0.717) is 0 Å². The van der Waals surface area contributed by atoms with E-state index in [-0.39, 0.29) is 16.9 Å². The van der Waals surface area contributed by atoms with E-state index >= 15 is 0 Å². The predicted octanol–water partition coefficient (Wildman–Crippen LogP) is 2.76. The van der Waals surface area contributed by atoms with Crippen molar-refractivity contribution in [3.05, 3.63) is 34.6 Å². The molecule has 0 aliphatic carbocycles. The van der Waals surface area contributed by atoms with Crippen molar-refractivity contribution in [2.45, 2.75) is 13.0 Å². The fraction of sp³-hybridized carbons (Fsp3) is 0.333. The lowest BCUT2D eigenvalue weighted by molar-refractivity contribution is 0.609. The third-order valence-electron chi connectivity index (χ3n) is 1.88. The molecule has 0 aliphatic rings. The molecule has 12 heavy (non-hydrogen) atoms. The van der Waals surface area contributed by atoms with Gasteiger partial charge < -0.3 is 5.32 Å². The van der Waals surface area contributed by atoms with Crippen molar-refractivity contribution >= 4 is 11.6 Å². The third kappa shape index (κ3) is 1.76. The van der Waals surface area contributed by atoms with Crippen molar-refractivity contribution in [3.8, 4) is 0 Å². The fourth-order valence-corrected chi connectivity index (χ4v) is 1.30. The molecule has 0 spiro atoms. The fourth-order valence-electron chi connectivity index (χ4n) is 1.01. The lowest BCUT2D eigenvalue weighted by atomic mass is 10.1. The molecule has 3 heteroatoms. The number of hydrogen-bond donors (Lipinski definition) is 1. The van der Waals surface area contributed by atoms with E-state index in [1.165, 1.54) is 6.07 Å². The van der Waals surface area contributed by atoms with Gasteiger partial charge in [-0.2, -0.15) is 0 Å². The SMILES string of the molecule is CNC(C)c1cccc(F)c1Cl. The monoisotopic (exact) mass is 187 g/mol. The molecule has 1 unspecified atom stereocenters. The van der Waals surface area contributed by atoms with E-state index in [9.17, 15) is 4.39 Å². The first-order valence-electron chi connectivity index (χ1n) is 3.78. The number of rotatable bonds is 2. The maximum absolute atomic E-state index is 12.9. The predicted molar refractivity (Wildman–Crippen MR) is 48.9 cm³/mol. The molecule has 0 radical (unpaired) electrons. The van der Waals surface area contributed by atoms with Crippen LogP contribution in [0.4, 0.5) is 4.39 Å². The van der Waals surface area contributed by atoms with Crippen molar-refractivity contribution in [3.63, 3.8) is 0 Å². The highest BCUT2D eigenvalue weighted by molar-refractivity contribution is 6.31. The standard InChI is InChI=1S/C9H11ClFN/c1-6(12-2)7-4-3-5-8(11)9(7)10/h3-6,12H,1-2H3. The molecule has 0 bridgehead atoms. The molecule has 66 valence electrons. The molecular weight excluding hydrogens is 177 g/mol. The third-order valence-corrected chi connectivity index (χ3v) is 2.28. The van der Waals surface area contributed by atoms with E-state index in [0.717, 1.165) is 5.56 Å². The Balaban J connectivity index is 3.07. The maximum atomic E-state index is 12.9. The molecule has 1 aromatic carbocycles. The van der Waals surface area contributed by atoms with E-state index in [1.54, 1.807) is 6.07 Å². The molecule has 1 nitrogen and oxygen atoms in total. The summed E-state index contributed by atoms with van der Waals surface area (Å²) in [6, 6.07) is 4.90. The van der Waals surface area contributed by atoms with Crippen LogP contribution in [0.1, 0.15) is 18.5 Å². The first-order valence-corrected chi connectivity index (χ1v) is 4.15. The molecule has 0 saturated carbocycles. The molecule has 0 amide bonds. The van der Waals surface area contributed by atoms with Crippen LogP contribution in [0.3, 0.4) is 0 Å². The van der Waals surface area contributed by atoms with Crippen molar-refractivity contribution in [2.24, 2.45) is 0 Å². The summed E-state index contributed by atoms with van der Waals surface area (Å²) in [4.78, 5) is 0. The minimum Gasteiger partial charge on any atom is -0.313 e. The van der Waals surface area contributed by atoms with E-state index in [1.807, 2.05) is 20.0 Å². The summed E-state index contributed by atoms with van der Waals surface area (Å²) in [5.41, 5.74) is 0.791. The Hall–Kier alpha value is -0.600. The van der Waals surface area contributed by atoms with Crippen molar-refractivity contribution < 1.29 is 4.39 Å². The molecule has 0 heterocycles. The highest BCUT2D eigenvalue weighted by Crippen LogP contribution is 2.24. The Kier molecular flexibility index (Phi) is 3.06. The van der Waals surface area contributed by atoms with Gasteiger partial charge in [-0.1, -0.05) is 23.7 Å². The molecule has 1 aromatic rings. The molecule has 0 fully saturated rings. The van der Waals surface area contributed by atoms with Crippen LogP contribution in [0, 0.1) is 5.82 Å². The van der Waals surface area contributed by atoms with Crippen LogP contribution in [0.25, 0.3) is 0 Å². The summed E-state index contributed by atoms with van der Waals surface area (Å²) in [5, 5.41) is 3.21. The molecular formula is C9H11ClFN. The minimum atomic E-state index is -0.365. The van der Waals surface area contributed by atoms with Crippen LogP contribution in [0.2, 0.25) is 5.02 Å². The second-order valence-electron chi connectivity index (χ2n) is 2.65. The average molecular weight is 188 g/mol. The summed E-state index contributed by atoms with van der Waals surface area (Å²) in [5.74, 6) is -0.365. The lowest BCUT2D eigenvalue weighted by Crippen LogP contribution is -2.12. The summed E-state index contributed by atoms with van der Waals surface area (Å²) >= 11 is 5.75. The van der Waals surface area contributed by atoms with E-state index in [2.05, 4.69) is 5.32 Å². The van der Waals surface area contributed by atoms with Gasteiger partial charge in [0, 0.05) is 6.04 Å². The minimum absolute atomic E-state index is 0.0770. The van der Waals surface area contributed by atoms with Gasteiger partial charge in [-0.05, 0) is 25.6 Å². The molecule has 0 aliphatic heterocycles. The van der Waals surface area contributed by atoms with Crippen molar-refractivity contribution in [2.75, 3.05) is 7.05 Å². The van der Waals surface area contributed by atoms with Crippen molar-refractivity contribution in [1.82, 2.24) is 5.32 Å². The summed E-state index contributed by atoms with van der Waals surface area (Å²) in [7, 11) is 1.81. The Morgan fingerprint density at radius 1 is 1.50 bits per heavy atom. The van der Waals surface area contributed by atoms with Gasteiger partial charge >= 0.3 is 0 Å². The van der Waals surface area contributed by atoms with Gasteiger partial charge in [0.25, 0.3) is 0 Å². The zero-order chi connectivity index (χ0) is 9.14.